The van der Waals surface area contributed by atoms with E-state index < -0.39 is 24.5 Å². The first kappa shape index (κ1) is 21.2. The quantitative estimate of drug-likeness (QED) is 0.715. The molecule has 150 valence electrons. The van der Waals surface area contributed by atoms with E-state index in [4.69, 9.17) is 4.74 Å². The van der Waals surface area contributed by atoms with Crippen LogP contribution in [0.1, 0.15) is 41.2 Å². The molecule has 0 saturated heterocycles. The number of aromatic nitrogens is 1. The standard InChI is InChI=1S/C21H27N3O4/c1-6-22-20(26)15(4)23-19(25)12-28-21(27)18-11-14(3)24(16(18)5)17-9-7-8-13(2)10-17/h7-11,15H,6,12H2,1-5H3,(H,22,26)(H,23,25)/t15-/m1/s1. The van der Waals surface area contributed by atoms with E-state index in [0.717, 1.165) is 22.6 Å². The zero-order valence-electron chi connectivity index (χ0n) is 17.0. The van der Waals surface area contributed by atoms with Crippen LogP contribution in [0, 0.1) is 20.8 Å². The van der Waals surface area contributed by atoms with Gasteiger partial charge < -0.3 is 19.9 Å². The zero-order valence-corrected chi connectivity index (χ0v) is 17.0. The first-order chi connectivity index (χ1) is 13.2. The number of esters is 1. The molecule has 2 aromatic rings. The lowest BCUT2D eigenvalue weighted by molar-refractivity contribution is -0.130. The van der Waals surface area contributed by atoms with Crippen molar-refractivity contribution in [2.45, 2.75) is 40.7 Å². The highest BCUT2D eigenvalue weighted by molar-refractivity contribution is 5.93. The lowest BCUT2D eigenvalue weighted by Crippen LogP contribution is -2.46. The van der Waals surface area contributed by atoms with Crippen molar-refractivity contribution >= 4 is 17.8 Å². The number of carbonyl (C=O) groups is 3. The van der Waals surface area contributed by atoms with Gasteiger partial charge in [-0.3, -0.25) is 9.59 Å². The minimum Gasteiger partial charge on any atom is -0.452 e. The molecule has 0 aliphatic heterocycles. The Balaban J connectivity index is 2.04. The van der Waals surface area contributed by atoms with Crippen molar-refractivity contribution in [1.29, 1.82) is 0 Å². The zero-order chi connectivity index (χ0) is 20.8. The summed E-state index contributed by atoms with van der Waals surface area (Å²) in [6.07, 6.45) is 0. The normalized spacial score (nSPS) is 11.6. The number of aryl methyl sites for hydroxylation is 2. The number of likely N-dealkylation sites (N-methyl/N-ethyl adjacent to an activating group) is 1. The Morgan fingerprint density at radius 1 is 1.14 bits per heavy atom. The van der Waals surface area contributed by atoms with Crippen LogP contribution < -0.4 is 10.6 Å². The summed E-state index contributed by atoms with van der Waals surface area (Å²) in [5, 5.41) is 5.11. The van der Waals surface area contributed by atoms with Crippen LogP contribution in [0.3, 0.4) is 0 Å². The second kappa shape index (κ2) is 9.21. The summed E-state index contributed by atoms with van der Waals surface area (Å²) in [6, 6.07) is 9.02. The fourth-order valence-corrected chi connectivity index (χ4v) is 3.02. The van der Waals surface area contributed by atoms with Crippen LogP contribution in [-0.4, -0.2) is 41.5 Å². The monoisotopic (exact) mass is 385 g/mol. The maximum absolute atomic E-state index is 12.5. The van der Waals surface area contributed by atoms with E-state index in [2.05, 4.69) is 10.6 Å². The van der Waals surface area contributed by atoms with E-state index in [-0.39, 0.29) is 5.91 Å². The Morgan fingerprint density at radius 3 is 2.50 bits per heavy atom. The summed E-state index contributed by atoms with van der Waals surface area (Å²) < 4.78 is 7.12. The van der Waals surface area contributed by atoms with Crippen molar-refractivity contribution in [2.75, 3.05) is 13.2 Å². The first-order valence-corrected chi connectivity index (χ1v) is 9.24. The van der Waals surface area contributed by atoms with Crippen LogP contribution >= 0.6 is 0 Å². The van der Waals surface area contributed by atoms with Gasteiger partial charge in [0.25, 0.3) is 5.91 Å². The summed E-state index contributed by atoms with van der Waals surface area (Å²) in [5.74, 6) is -1.39. The van der Waals surface area contributed by atoms with E-state index >= 15 is 0 Å². The molecule has 0 bridgehead atoms. The van der Waals surface area contributed by atoms with Crippen LogP contribution in [0.4, 0.5) is 0 Å². The summed E-state index contributed by atoms with van der Waals surface area (Å²) in [7, 11) is 0. The van der Waals surface area contributed by atoms with Gasteiger partial charge in [-0.1, -0.05) is 12.1 Å². The van der Waals surface area contributed by atoms with Gasteiger partial charge in [0.1, 0.15) is 6.04 Å². The third-order valence-electron chi connectivity index (χ3n) is 4.37. The molecule has 28 heavy (non-hydrogen) atoms. The van der Waals surface area contributed by atoms with Gasteiger partial charge in [-0.2, -0.15) is 0 Å². The molecular weight excluding hydrogens is 358 g/mol. The molecule has 2 amide bonds. The first-order valence-electron chi connectivity index (χ1n) is 9.24. The van der Waals surface area contributed by atoms with E-state index in [1.165, 1.54) is 0 Å². The third-order valence-corrected chi connectivity index (χ3v) is 4.37. The topological polar surface area (TPSA) is 89.4 Å². The molecule has 2 N–H and O–H groups in total. The van der Waals surface area contributed by atoms with Crippen LogP contribution in [0.15, 0.2) is 30.3 Å². The Kier molecular flexibility index (Phi) is 6.98. The minimum absolute atomic E-state index is 0.288. The molecule has 1 aromatic heterocycles. The molecule has 7 nitrogen and oxygen atoms in total. The van der Waals surface area contributed by atoms with Gasteiger partial charge in [0.05, 0.1) is 5.56 Å². The molecule has 0 fully saturated rings. The predicted octanol–water partition coefficient (Wildman–Crippen LogP) is 2.20. The van der Waals surface area contributed by atoms with Crippen molar-refractivity contribution in [3.63, 3.8) is 0 Å². The highest BCUT2D eigenvalue weighted by atomic mass is 16.5. The molecule has 0 aliphatic carbocycles. The largest absolute Gasteiger partial charge is 0.452 e. The Hall–Kier alpha value is -3.09. The van der Waals surface area contributed by atoms with E-state index in [9.17, 15) is 14.4 Å². The van der Waals surface area contributed by atoms with Crippen molar-refractivity contribution in [1.82, 2.24) is 15.2 Å². The smallest absolute Gasteiger partial charge is 0.340 e. The van der Waals surface area contributed by atoms with Crippen LogP contribution in [0.5, 0.6) is 0 Å². The van der Waals surface area contributed by atoms with Gasteiger partial charge in [0.2, 0.25) is 5.91 Å². The van der Waals surface area contributed by atoms with E-state index in [1.807, 2.05) is 49.6 Å². The summed E-state index contributed by atoms with van der Waals surface area (Å²) >= 11 is 0. The lowest BCUT2D eigenvalue weighted by Gasteiger charge is -2.13. The number of ether oxygens (including phenoxy) is 1. The Labute approximate surface area is 165 Å². The maximum atomic E-state index is 12.5. The molecule has 0 saturated carbocycles. The molecular formula is C21H27N3O4. The van der Waals surface area contributed by atoms with Gasteiger partial charge >= 0.3 is 5.97 Å². The molecule has 1 heterocycles. The highest BCUT2D eigenvalue weighted by Gasteiger charge is 2.20. The van der Waals surface area contributed by atoms with Crippen molar-refractivity contribution < 1.29 is 19.1 Å². The highest BCUT2D eigenvalue weighted by Crippen LogP contribution is 2.22. The summed E-state index contributed by atoms with van der Waals surface area (Å²) in [5.41, 5.74) is 4.12. The van der Waals surface area contributed by atoms with Crippen molar-refractivity contribution in [3.05, 3.63) is 52.8 Å². The average molecular weight is 385 g/mol. The van der Waals surface area contributed by atoms with Crippen LogP contribution in [-0.2, 0) is 14.3 Å². The fraction of sp³-hybridized carbons (Fsp3) is 0.381. The Bertz CT molecular complexity index is 886. The predicted molar refractivity (Wildman–Crippen MR) is 107 cm³/mol. The van der Waals surface area contributed by atoms with Gasteiger partial charge in [-0.25, -0.2) is 4.79 Å². The maximum Gasteiger partial charge on any atom is 0.340 e. The molecule has 1 aromatic carbocycles. The molecule has 0 radical (unpaired) electrons. The number of amides is 2. The number of carbonyl (C=O) groups excluding carboxylic acids is 3. The van der Waals surface area contributed by atoms with Crippen molar-refractivity contribution in [2.24, 2.45) is 0 Å². The number of nitrogens with one attached hydrogen (secondary N) is 2. The third kappa shape index (κ3) is 5.00. The van der Waals surface area contributed by atoms with Gasteiger partial charge in [0.15, 0.2) is 6.61 Å². The molecule has 0 spiro atoms. The van der Waals surface area contributed by atoms with Crippen LogP contribution in [0.25, 0.3) is 5.69 Å². The number of hydrogen-bond acceptors (Lipinski definition) is 4. The van der Waals surface area contributed by atoms with Crippen molar-refractivity contribution in [3.8, 4) is 5.69 Å². The fourth-order valence-electron chi connectivity index (χ4n) is 3.02. The number of nitrogens with zero attached hydrogens (tertiary/aromatic N) is 1. The van der Waals surface area contributed by atoms with E-state index in [0.29, 0.717) is 12.1 Å². The van der Waals surface area contributed by atoms with Crippen LogP contribution in [0.2, 0.25) is 0 Å². The summed E-state index contributed by atoms with van der Waals surface area (Å²) in [6.45, 7) is 9.14. The molecule has 0 aliphatic rings. The second-order valence-electron chi connectivity index (χ2n) is 6.72. The number of rotatable bonds is 7. The summed E-state index contributed by atoms with van der Waals surface area (Å²) in [4.78, 5) is 36.0. The lowest BCUT2D eigenvalue weighted by atomic mass is 10.2. The molecule has 2 rings (SSSR count). The average Bonchev–Trinajstić information content (AvgIpc) is 2.94. The Morgan fingerprint density at radius 2 is 1.86 bits per heavy atom. The minimum atomic E-state index is -0.697. The van der Waals surface area contributed by atoms with Gasteiger partial charge in [0, 0.05) is 23.6 Å². The molecule has 1 atom stereocenters. The molecule has 7 heteroatoms. The molecule has 0 unspecified atom stereocenters. The second-order valence-corrected chi connectivity index (χ2v) is 6.72. The van der Waals surface area contributed by atoms with E-state index in [1.54, 1.807) is 19.9 Å². The van der Waals surface area contributed by atoms with Gasteiger partial charge in [-0.05, 0) is 58.4 Å². The SMILES string of the molecule is CCNC(=O)[C@@H](C)NC(=O)COC(=O)c1cc(C)n(-c2cccc(C)c2)c1C. The number of benzene rings is 1. The number of hydrogen-bond donors (Lipinski definition) is 2. The van der Waals surface area contributed by atoms with Gasteiger partial charge in [-0.15, -0.1) is 0 Å².